The van der Waals surface area contributed by atoms with Gasteiger partial charge in [-0.1, -0.05) is 17.8 Å². The van der Waals surface area contributed by atoms with Crippen LogP contribution in [0.3, 0.4) is 0 Å². The van der Waals surface area contributed by atoms with Crippen LogP contribution in [0, 0.1) is 0 Å². The largest absolute Gasteiger partial charge is 0.477 e. The van der Waals surface area contributed by atoms with Gasteiger partial charge < -0.3 is 21.0 Å². The first-order valence-corrected chi connectivity index (χ1v) is 10.4. The molecule has 11 nitrogen and oxygen atoms in total. The summed E-state index contributed by atoms with van der Waals surface area (Å²) in [5.74, 6) is -2.28. The number of oxime groups is 1. The van der Waals surface area contributed by atoms with E-state index in [1.54, 1.807) is 0 Å². The zero-order valence-electron chi connectivity index (χ0n) is 14.7. The van der Waals surface area contributed by atoms with E-state index in [9.17, 15) is 19.5 Å². The molecule has 2 aliphatic rings. The van der Waals surface area contributed by atoms with Crippen LogP contribution < -0.4 is 11.1 Å². The highest BCUT2D eigenvalue weighted by Gasteiger charge is 2.54. The Balaban J connectivity index is 1.79. The lowest BCUT2D eigenvalue weighted by Gasteiger charge is -2.49. The van der Waals surface area contributed by atoms with Crippen LogP contribution in [0.1, 0.15) is 5.82 Å². The number of β-lactam (4-membered cyclic amide) rings is 1. The van der Waals surface area contributed by atoms with Crippen molar-refractivity contribution in [2.45, 2.75) is 11.4 Å². The van der Waals surface area contributed by atoms with Gasteiger partial charge in [-0.2, -0.15) is 9.36 Å². The summed E-state index contributed by atoms with van der Waals surface area (Å²) in [5, 5.41) is 15.2. The molecule has 3 heterocycles. The number of aromatic nitrogens is 2. The molecule has 0 unspecified atom stereocenters. The summed E-state index contributed by atoms with van der Waals surface area (Å²) < 4.78 is 3.93. The van der Waals surface area contributed by atoms with Crippen molar-refractivity contribution in [2.24, 2.45) is 5.16 Å². The van der Waals surface area contributed by atoms with Crippen LogP contribution >= 0.6 is 34.9 Å². The van der Waals surface area contributed by atoms with E-state index < -0.39 is 29.2 Å². The Hall–Kier alpha value is -2.64. The summed E-state index contributed by atoms with van der Waals surface area (Å²) in [5.41, 5.74) is 5.60. The van der Waals surface area contributed by atoms with Crippen molar-refractivity contribution < 1.29 is 24.3 Å². The van der Waals surface area contributed by atoms with Gasteiger partial charge in [0.25, 0.3) is 11.8 Å². The minimum absolute atomic E-state index is 0.00345. The highest BCUT2D eigenvalue weighted by atomic mass is 35.5. The fourth-order valence-corrected chi connectivity index (χ4v) is 4.78. The number of carbonyl (C=O) groups excluding carboxylic acids is 2. The number of hydrogen-bond donors (Lipinski definition) is 3. The van der Waals surface area contributed by atoms with Gasteiger partial charge in [0, 0.05) is 23.2 Å². The molecule has 0 saturated carbocycles. The molecule has 4 N–H and O–H groups in total. The number of nitrogens with one attached hydrogen (secondary N) is 1. The number of thioether (sulfide) groups is 1. The Morgan fingerprint density at radius 1 is 1.55 bits per heavy atom. The molecular formula is C15H15ClN6O5S2. The molecule has 2 atom stereocenters. The monoisotopic (exact) mass is 458 g/mol. The van der Waals surface area contributed by atoms with Gasteiger partial charge >= 0.3 is 5.97 Å². The van der Waals surface area contributed by atoms with Crippen LogP contribution in [0.15, 0.2) is 29.1 Å². The molecule has 154 valence electrons. The Morgan fingerprint density at radius 3 is 2.90 bits per heavy atom. The number of halogens is 1. The number of fused-ring (bicyclic) bond motifs is 1. The molecule has 3 rings (SSSR count). The van der Waals surface area contributed by atoms with Crippen molar-refractivity contribution in [1.82, 2.24) is 19.6 Å². The average molecular weight is 459 g/mol. The molecule has 1 aromatic rings. The van der Waals surface area contributed by atoms with Crippen molar-refractivity contribution in [3.8, 4) is 0 Å². The lowest BCUT2D eigenvalue weighted by atomic mass is 10.0. The fraction of sp³-hybridized carbons (Fsp3) is 0.333. The van der Waals surface area contributed by atoms with E-state index in [0.717, 1.165) is 16.4 Å². The van der Waals surface area contributed by atoms with E-state index in [1.807, 2.05) is 0 Å². The number of alkyl halides is 1. The molecule has 1 fully saturated rings. The van der Waals surface area contributed by atoms with Crippen molar-refractivity contribution in [3.63, 3.8) is 0 Å². The predicted octanol–water partition coefficient (Wildman–Crippen LogP) is 0.00440. The number of hydrogen-bond acceptors (Lipinski definition) is 10. The summed E-state index contributed by atoms with van der Waals surface area (Å²) in [6, 6.07) is -0.945. The number of nitrogen functional groups attached to an aromatic ring is 1. The number of carbonyl (C=O) groups is 3. The summed E-state index contributed by atoms with van der Waals surface area (Å²) in [6.45, 7) is 3.52. The Labute approximate surface area is 177 Å². The standard InChI is InChI=1S/C15H15ClN6O5S2/c1-2-3-27-20-7(10-19-15(17)29-21-10)11(23)18-8-12(24)22-9(14(25)26)6(4-16)5-28-13(8)22/h2,8,13H,1,3-5H2,(H,18,23)(H,25,26)(H2,17,19,21)/b20-7+/t8-,13-/m1/s1. The van der Waals surface area contributed by atoms with Crippen LogP contribution in [-0.4, -0.2) is 72.5 Å². The molecule has 29 heavy (non-hydrogen) atoms. The minimum Gasteiger partial charge on any atom is -0.477 e. The number of amides is 2. The number of nitrogens with two attached hydrogens (primary N) is 1. The van der Waals surface area contributed by atoms with Crippen LogP contribution in [0.5, 0.6) is 0 Å². The molecule has 14 heteroatoms. The number of carboxylic acids is 1. The van der Waals surface area contributed by atoms with Gasteiger partial charge in [0.05, 0.1) is 0 Å². The van der Waals surface area contributed by atoms with E-state index in [0.29, 0.717) is 11.3 Å². The zero-order valence-corrected chi connectivity index (χ0v) is 17.1. The number of anilines is 1. The van der Waals surface area contributed by atoms with E-state index in [-0.39, 0.29) is 34.9 Å². The molecule has 0 bridgehead atoms. The highest BCUT2D eigenvalue weighted by molar-refractivity contribution is 8.00. The van der Waals surface area contributed by atoms with Crippen LogP contribution in [0.25, 0.3) is 0 Å². The van der Waals surface area contributed by atoms with Crippen LogP contribution in [-0.2, 0) is 19.2 Å². The Kier molecular flexibility index (Phi) is 6.39. The predicted molar refractivity (Wildman–Crippen MR) is 107 cm³/mol. The third kappa shape index (κ3) is 4.06. The molecular weight excluding hydrogens is 444 g/mol. The maximum atomic E-state index is 12.7. The Morgan fingerprint density at radius 2 is 2.31 bits per heavy atom. The van der Waals surface area contributed by atoms with E-state index in [1.165, 1.54) is 17.8 Å². The van der Waals surface area contributed by atoms with E-state index >= 15 is 0 Å². The second-order valence-electron chi connectivity index (χ2n) is 5.73. The number of aliphatic carboxylic acids is 1. The molecule has 2 amide bonds. The third-order valence-electron chi connectivity index (χ3n) is 3.91. The van der Waals surface area contributed by atoms with Gasteiger partial charge in [0.1, 0.15) is 23.7 Å². The average Bonchev–Trinajstić information content (AvgIpc) is 3.13. The first-order valence-electron chi connectivity index (χ1n) is 8.06. The van der Waals surface area contributed by atoms with Crippen LogP contribution in [0.2, 0.25) is 0 Å². The van der Waals surface area contributed by atoms with Crippen molar-refractivity contribution in [3.05, 3.63) is 29.7 Å². The molecule has 0 radical (unpaired) electrons. The van der Waals surface area contributed by atoms with Gasteiger partial charge in [0.15, 0.2) is 5.13 Å². The third-order valence-corrected chi connectivity index (χ3v) is 6.12. The molecule has 1 saturated heterocycles. The molecule has 0 aliphatic carbocycles. The lowest BCUT2D eigenvalue weighted by Crippen LogP contribution is -2.71. The quantitative estimate of drug-likeness (QED) is 0.122. The number of carboxylic acid groups (broad SMARTS) is 1. The van der Waals surface area contributed by atoms with Crippen molar-refractivity contribution >= 4 is 63.5 Å². The van der Waals surface area contributed by atoms with Gasteiger partial charge in [-0.05, 0) is 5.57 Å². The molecule has 0 spiro atoms. The molecule has 1 aromatic heterocycles. The van der Waals surface area contributed by atoms with Gasteiger partial charge in [-0.3, -0.25) is 14.5 Å². The van der Waals surface area contributed by atoms with Gasteiger partial charge in [0.2, 0.25) is 11.5 Å². The zero-order chi connectivity index (χ0) is 21.1. The second kappa shape index (κ2) is 8.80. The Bertz CT molecular complexity index is 932. The van der Waals surface area contributed by atoms with E-state index in [2.05, 4.69) is 26.4 Å². The normalized spacial score (nSPS) is 21.3. The van der Waals surface area contributed by atoms with Crippen molar-refractivity contribution in [2.75, 3.05) is 24.0 Å². The maximum absolute atomic E-state index is 12.7. The molecule has 0 aromatic carbocycles. The fourth-order valence-electron chi connectivity index (χ4n) is 2.67. The summed E-state index contributed by atoms with van der Waals surface area (Å²) in [6.07, 6.45) is 1.43. The smallest absolute Gasteiger partial charge is 0.352 e. The first-order chi connectivity index (χ1) is 13.9. The first kappa shape index (κ1) is 21.1. The van der Waals surface area contributed by atoms with Crippen molar-refractivity contribution in [1.29, 1.82) is 0 Å². The van der Waals surface area contributed by atoms with E-state index in [4.69, 9.17) is 22.2 Å². The van der Waals surface area contributed by atoms with Gasteiger partial charge in [-0.25, -0.2) is 4.79 Å². The summed E-state index contributed by atoms with van der Waals surface area (Å²) >= 11 is 7.97. The minimum atomic E-state index is -1.24. The number of rotatable bonds is 8. The SMILES string of the molecule is C=CCO/N=C(/C(=O)N[C@@H]1C(=O)N2C(C(=O)O)=C(CCl)CS[C@H]12)c1nsc(N)n1. The summed E-state index contributed by atoms with van der Waals surface area (Å²) in [7, 11) is 0. The molecule has 2 aliphatic heterocycles. The second-order valence-corrected chi connectivity index (χ2v) is 7.89. The maximum Gasteiger partial charge on any atom is 0.352 e. The summed E-state index contributed by atoms with van der Waals surface area (Å²) in [4.78, 5) is 46.8. The lowest BCUT2D eigenvalue weighted by molar-refractivity contribution is -0.150. The number of nitrogens with zero attached hydrogens (tertiary/aromatic N) is 4. The van der Waals surface area contributed by atoms with Gasteiger partial charge in [-0.15, -0.1) is 23.4 Å². The topological polar surface area (TPSA) is 160 Å². The van der Waals surface area contributed by atoms with Crippen LogP contribution in [0.4, 0.5) is 5.13 Å². The highest BCUT2D eigenvalue weighted by Crippen LogP contribution is 2.40.